The summed E-state index contributed by atoms with van der Waals surface area (Å²) >= 11 is 0. The first-order valence-corrected chi connectivity index (χ1v) is 4.61. The normalized spacial score (nSPS) is 11.9. The molecule has 0 spiro atoms. The molecule has 1 rings (SSSR count). The van der Waals surface area contributed by atoms with Crippen LogP contribution in [0.1, 0.15) is 34.5 Å². The maximum atomic E-state index is 11.2. The second-order valence-corrected chi connectivity index (χ2v) is 3.34. The number of carbonyl (C=O) groups excluding carboxylic acids is 1. The topological polar surface area (TPSA) is 55.7 Å². The van der Waals surface area contributed by atoms with Crippen LogP contribution < -0.4 is 0 Å². The van der Waals surface area contributed by atoms with Gasteiger partial charge in [-0.05, 0) is 37.1 Å². The molecule has 4 nitrogen and oxygen atoms in total. The van der Waals surface area contributed by atoms with Crippen LogP contribution in [0.15, 0.2) is 23.4 Å². The van der Waals surface area contributed by atoms with Gasteiger partial charge in [-0.3, -0.25) is 0 Å². The number of aryl methyl sites for hydroxylation is 1. The molecule has 1 unspecified atom stereocenters. The van der Waals surface area contributed by atoms with Gasteiger partial charge in [0.25, 0.3) is 0 Å². The van der Waals surface area contributed by atoms with E-state index in [2.05, 4.69) is 9.91 Å². The molecule has 1 atom stereocenters. The molecular weight excluding hydrogens is 194 g/mol. The molecule has 1 aromatic rings. The van der Waals surface area contributed by atoms with Gasteiger partial charge in [-0.1, -0.05) is 11.2 Å². The molecule has 0 saturated carbocycles. The average molecular weight is 207 g/mol. The molecule has 0 N–H and O–H groups in total. The van der Waals surface area contributed by atoms with Crippen LogP contribution >= 0.6 is 0 Å². The van der Waals surface area contributed by atoms with E-state index < -0.39 is 6.04 Å². The number of methoxy groups -OCH3 is 1. The second kappa shape index (κ2) is 4.68. The van der Waals surface area contributed by atoms with Crippen molar-refractivity contribution in [1.29, 1.82) is 0 Å². The highest BCUT2D eigenvalue weighted by Crippen LogP contribution is 2.21. The van der Waals surface area contributed by atoms with Crippen LogP contribution in [0.4, 0.5) is 0 Å². The second-order valence-electron chi connectivity index (χ2n) is 3.34. The number of hydrogen-bond donors (Lipinski definition) is 0. The van der Waals surface area contributed by atoms with Gasteiger partial charge in [-0.15, -0.1) is 0 Å². The summed E-state index contributed by atoms with van der Waals surface area (Å²) in [7, 11) is 1.33. The van der Waals surface area contributed by atoms with E-state index >= 15 is 0 Å². The molecule has 0 bridgehead atoms. The molecule has 0 heterocycles. The molecule has 80 valence electrons. The molecule has 0 amide bonds. The van der Waals surface area contributed by atoms with Crippen molar-refractivity contribution in [3.05, 3.63) is 39.8 Å². The Hall–Kier alpha value is -1.71. The number of ether oxygens (including phenoxy) is 1. The van der Waals surface area contributed by atoms with E-state index in [1.54, 1.807) is 25.1 Å². The van der Waals surface area contributed by atoms with Crippen molar-refractivity contribution in [2.75, 3.05) is 7.11 Å². The Morgan fingerprint density at radius 3 is 2.60 bits per heavy atom. The largest absolute Gasteiger partial charge is 0.465 e. The van der Waals surface area contributed by atoms with Gasteiger partial charge in [0.15, 0.2) is 0 Å². The molecule has 15 heavy (non-hydrogen) atoms. The highest BCUT2D eigenvalue weighted by Gasteiger charge is 2.11. The van der Waals surface area contributed by atoms with Crippen LogP contribution in [0.5, 0.6) is 0 Å². The van der Waals surface area contributed by atoms with Crippen molar-refractivity contribution in [3.63, 3.8) is 0 Å². The summed E-state index contributed by atoms with van der Waals surface area (Å²) in [5.74, 6) is -0.378. The number of carbonyl (C=O) groups is 1. The van der Waals surface area contributed by atoms with Crippen molar-refractivity contribution in [2.45, 2.75) is 19.9 Å². The fourth-order valence-electron chi connectivity index (χ4n) is 1.45. The van der Waals surface area contributed by atoms with E-state index in [1.807, 2.05) is 6.92 Å². The van der Waals surface area contributed by atoms with Crippen molar-refractivity contribution >= 4 is 5.97 Å². The molecule has 4 heteroatoms. The van der Waals surface area contributed by atoms with Crippen molar-refractivity contribution in [2.24, 2.45) is 5.18 Å². The van der Waals surface area contributed by atoms with Crippen LogP contribution in [-0.4, -0.2) is 13.1 Å². The Morgan fingerprint density at radius 2 is 2.13 bits per heavy atom. The Morgan fingerprint density at radius 1 is 1.47 bits per heavy atom. The van der Waals surface area contributed by atoms with Gasteiger partial charge in [0, 0.05) is 0 Å². The number of rotatable bonds is 3. The molecule has 0 aliphatic carbocycles. The molecule has 0 radical (unpaired) electrons. The quantitative estimate of drug-likeness (QED) is 0.565. The van der Waals surface area contributed by atoms with Crippen molar-refractivity contribution in [3.8, 4) is 0 Å². The number of nitroso groups, excluding NO2 is 1. The minimum atomic E-state index is -0.392. The summed E-state index contributed by atoms with van der Waals surface area (Å²) in [4.78, 5) is 21.6. The van der Waals surface area contributed by atoms with Gasteiger partial charge in [0.1, 0.15) is 6.04 Å². The third-order valence-electron chi connectivity index (χ3n) is 2.30. The Kier molecular flexibility index (Phi) is 3.55. The first-order chi connectivity index (χ1) is 7.10. The zero-order valence-corrected chi connectivity index (χ0v) is 8.98. The summed E-state index contributed by atoms with van der Waals surface area (Å²) < 4.78 is 4.59. The van der Waals surface area contributed by atoms with E-state index in [4.69, 9.17) is 0 Å². The lowest BCUT2D eigenvalue weighted by Crippen LogP contribution is -2.03. The fraction of sp³-hybridized carbons (Fsp3) is 0.364. The van der Waals surface area contributed by atoms with E-state index in [9.17, 15) is 9.70 Å². The van der Waals surface area contributed by atoms with Crippen LogP contribution in [0.2, 0.25) is 0 Å². The van der Waals surface area contributed by atoms with Gasteiger partial charge in [-0.2, -0.15) is 4.91 Å². The SMILES string of the molecule is COC(=O)c1ccc(C(C)N=O)c(C)c1. The van der Waals surface area contributed by atoms with Gasteiger partial charge >= 0.3 is 5.97 Å². The third-order valence-corrected chi connectivity index (χ3v) is 2.30. The standard InChI is InChI=1S/C11H13NO3/c1-7-6-9(11(13)15-3)4-5-10(7)8(2)12-14/h4-6,8H,1-3H3. The van der Waals surface area contributed by atoms with E-state index in [-0.39, 0.29) is 5.97 Å². The molecule has 0 fully saturated rings. The minimum Gasteiger partial charge on any atom is -0.465 e. The first-order valence-electron chi connectivity index (χ1n) is 4.61. The lowest BCUT2D eigenvalue weighted by Gasteiger charge is -2.08. The van der Waals surface area contributed by atoms with Crippen LogP contribution in [-0.2, 0) is 4.74 Å². The number of nitrogens with zero attached hydrogens (tertiary/aromatic N) is 1. The molecule has 0 saturated heterocycles. The fourth-order valence-corrected chi connectivity index (χ4v) is 1.45. The van der Waals surface area contributed by atoms with Crippen LogP contribution in [0.3, 0.4) is 0 Å². The van der Waals surface area contributed by atoms with E-state index in [0.717, 1.165) is 11.1 Å². The monoisotopic (exact) mass is 207 g/mol. The highest BCUT2D eigenvalue weighted by atomic mass is 16.5. The molecule has 1 aromatic carbocycles. The van der Waals surface area contributed by atoms with Gasteiger partial charge in [0.05, 0.1) is 12.7 Å². The Bertz CT molecular complexity index is 387. The lowest BCUT2D eigenvalue weighted by atomic mass is 10.0. The van der Waals surface area contributed by atoms with Gasteiger partial charge in [0.2, 0.25) is 0 Å². The molecule has 0 aromatic heterocycles. The summed E-state index contributed by atoms with van der Waals surface area (Å²) in [5, 5.41) is 2.95. The Labute approximate surface area is 88.2 Å². The van der Waals surface area contributed by atoms with E-state index in [0.29, 0.717) is 5.56 Å². The highest BCUT2D eigenvalue weighted by molar-refractivity contribution is 5.89. The molecule has 0 aliphatic heterocycles. The zero-order valence-electron chi connectivity index (χ0n) is 8.98. The average Bonchev–Trinajstić information content (AvgIpc) is 2.26. The van der Waals surface area contributed by atoms with Crippen molar-refractivity contribution in [1.82, 2.24) is 0 Å². The predicted molar refractivity (Wildman–Crippen MR) is 56.7 cm³/mol. The van der Waals surface area contributed by atoms with Gasteiger partial charge < -0.3 is 4.74 Å². The summed E-state index contributed by atoms with van der Waals surface area (Å²) in [5.41, 5.74) is 2.18. The maximum Gasteiger partial charge on any atom is 0.337 e. The number of hydrogen-bond acceptors (Lipinski definition) is 4. The van der Waals surface area contributed by atoms with Crippen molar-refractivity contribution < 1.29 is 9.53 Å². The third kappa shape index (κ3) is 2.40. The van der Waals surface area contributed by atoms with Crippen LogP contribution in [0, 0.1) is 11.8 Å². The summed E-state index contributed by atoms with van der Waals surface area (Å²) in [6.07, 6.45) is 0. The summed E-state index contributed by atoms with van der Waals surface area (Å²) in [6.45, 7) is 3.55. The molecular formula is C11H13NO3. The predicted octanol–water partition coefficient (Wildman–Crippen LogP) is 2.61. The molecule has 0 aliphatic rings. The Balaban J connectivity index is 3.08. The minimum absolute atomic E-state index is 0.378. The van der Waals surface area contributed by atoms with Gasteiger partial charge in [-0.25, -0.2) is 4.79 Å². The maximum absolute atomic E-state index is 11.2. The van der Waals surface area contributed by atoms with Crippen LogP contribution in [0.25, 0.3) is 0 Å². The smallest absolute Gasteiger partial charge is 0.337 e. The lowest BCUT2D eigenvalue weighted by molar-refractivity contribution is 0.0600. The number of esters is 1. The first kappa shape index (κ1) is 11.4. The summed E-state index contributed by atoms with van der Waals surface area (Å²) in [6, 6.07) is 4.67. The zero-order chi connectivity index (χ0) is 11.4. The van der Waals surface area contributed by atoms with E-state index in [1.165, 1.54) is 7.11 Å². The number of benzene rings is 1.